The van der Waals surface area contributed by atoms with E-state index < -0.39 is 9.84 Å². The van der Waals surface area contributed by atoms with E-state index >= 15 is 0 Å². The highest BCUT2D eigenvalue weighted by molar-refractivity contribution is 7.91. The number of sulfone groups is 1. The molecule has 2 heterocycles. The Balaban J connectivity index is 1.63. The summed E-state index contributed by atoms with van der Waals surface area (Å²) in [5.74, 6) is 0.954. The van der Waals surface area contributed by atoms with Crippen LogP contribution >= 0.6 is 0 Å². The molecule has 1 unspecified atom stereocenters. The Kier molecular flexibility index (Phi) is 3.48. The van der Waals surface area contributed by atoms with Gasteiger partial charge >= 0.3 is 0 Å². The molecular formula is C14H16N2O3S. The van der Waals surface area contributed by atoms with E-state index in [0.29, 0.717) is 18.7 Å². The highest BCUT2D eigenvalue weighted by Gasteiger charge is 2.29. The SMILES string of the molecule is O=S1(=O)CCC(Oc2cnn(Cc3ccccc3)c2)C1. The van der Waals surface area contributed by atoms with E-state index in [0.717, 1.165) is 5.56 Å². The van der Waals surface area contributed by atoms with Crippen molar-refractivity contribution in [1.29, 1.82) is 0 Å². The first-order chi connectivity index (χ1) is 9.61. The maximum absolute atomic E-state index is 11.4. The predicted molar refractivity (Wildman–Crippen MR) is 75.5 cm³/mol. The van der Waals surface area contributed by atoms with Crippen LogP contribution in [-0.4, -0.2) is 35.8 Å². The van der Waals surface area contributed by atoms with E-state index in [-0.39, 0.29) is 17.6 Å². The summed E-state index contributed by atoms with van der Waals surface area (Å²) in [5.41, 5.74) is 1.16. The number of benzene rings is 1. The van der Waals surface area contributed by atoms with Crippen molar-refractivity contribution in [2.75, 3.05) is 11.5 Å². The average Bonchev–Trinajstić information content (AvgIpc) is 2.98. The lowest BCUT2D eigenvalue weighted by molar-refractivity contribution is 0.228. The van der Waals surface area contributed by atoms with Gasteiger partial charge in [0.15, 0.2) is 15.6 Å². The minimum Gasteiger partial charge on any atom is -0.486 e. The van der Waals surface area contributed by atoms with Gasteiger partial charge in [0.25, 0.3) is 0 Å². The molecule has 1 fully saturated rings. The summed E-state index contributed by atoms with van der Waals surface area (Å²) >= 11 is 0. The van der Waals surface area contributed by atoms with E-state index in [2.05, 4.69) is 5.10 Å². The molecule has 1 atom stereocenters. The first-order valence-electron chi connectivity index (χ1n) is 6.54. The lowest BCUT2D eigenvalue weighted by atomic mass is 10.2. The number of nitrogens with zero attached hydrogens (tertiary/aromatic N) is 2. The summed E-state index contributed by atoms with van der Waals surface area (Å²) < 4.78 is 30.2. The van der Waals surface area contributed by atoms with Gasteiger partial charge in [0.05, 0.1) is 30.4 Å². The molecule has 1 aromatic heterocycles. The van der Waals surface area contributed by atoms with Gasteiger partial charge in [-0.1, -0.05) is 30.3 Å². The van der Waals surface area contributed by atoms with Gasteiger partial charge in [-0.15, -0.1) is 0 Å². The van der Waals surface area contributed by atoms with Gasteiger partial charge in [-0.2, -0.15) is 5.10 Å². The van der Waals surface area contributed by atoms with E-state index in [4.69, 9.17) is 4.74 Å². The van der Waals surface area contributed by atoms with Crippen LogP contribution in [0.3, 0.4) is 0 Å². The molecule has 0 radical (unpaired) electrons. The van der Waals surface area contributed by atoms with Gasteiger partial charge < -0.3 is 4.74 Å². The Hall–Kier alpha value is -1.82. The zero-order valence-corrected chi connectivity index (χ0v) is 11.8. The third kappa shape index (κ3) is 3.19. The fourth-order valence-electron chi connectivity index (χ4n) is 2.31. The second-order valence-corrected chi connectivity index (χ2v) is 7.23. The van der Waals surface area contributed by atoms with Crippen LogP contribution in [0, 0.1) is 0 Å². The average molecular weight is 292 g/mol. The van der Waals surface area contributed by atoms with Crippen molar-refractivity contribution in [3.63, 3.8) is 0 Å². The molecule has 1 aromatic carbocycles. The maximum Gasteiger partial charge on any atom is 0.157 e. The topological polar surface area (TPSA) is 61.2 Å². The largest absolute Gasteiger partial charge is 0.486 e. The van der Waals surface area contributed by atoms with Crippen LogP contribution in [0.25, 0.3) is 0 Å². The Morgan fingerprint density at radius 2 is 2.10 bits per heavy atom. The summed E-state index contributed by atoms with van der Waals surface area (Å²) in [4.78, 5) is 0. The molecule has 2 aromatic rings. The molecule has 20 heavy (non-hydrogen) atoms. The quantitative estimate of drug-likeness (QED) is 0.856. The van der Waals surface area contributed by atoms with Crippen LogP contribution < -0.4 is 4.74 Å². The van der Waals surface area contributed by atoms with Crippen molar-refractivity contribution in [3.8, 4) is 5.75 Å². The molecule has 5 nitrogen and oxygen atoms in total. The normalized spacial score (nSPS) is 20.9. The van der Waals surface area contributed by atoms with Crippen LogP contribution in [0.1, 0.15) is 12.0 Å². The molecule has 0 saturated carbocycles. The first kappa shape index (κ1) is 13.2. The van der Waals surface area contributed by atoms with E-state index in [1.807, 2.05) is 30.3 Å². The highest BCUT2D eigenvalue weighted by atomic mass is 32.2. The van der Waals surface area contributed by atoms with Gasteiger partial charge in [0.1, 0.15) is 6.10 Å². The van der Waals surface area contributed by atoms with Crippen LogP contribution in [0.15, 0.2) is 42.7 Å². The lowest BCUT2D eigenvalue weighted by Crippen LogP contribution is -2.17. The number of rotatable bonds is 4. The maximum atomic E-state index is 11.4. The standard InChI is InChI=1S/C14H16N2O3S/c17-20(18)7-6-13(11-20)19-14-8-15-16(10-14)9-12-4-2-1-3-5-12/h1-5,8,10,13H,6-7,9,11H2. The van der Waals surface area contributed by atoms with Crippen LogP contribution in [-0.2, 0) is 16.4 Å². The molecule has 0 aliphatic carbocycles. The minimum atomic E-state index is -2.91. The second kappa shape index (κ2) is 5.28. The van der Waals surface area contributed by atoms with Crippen molar-refractivity contribution in [1.82, 2.24) is 9.78 Å². The third-order valence-corrected chi connectivity index (χ3v) is 5.03. The Morgan fingerprint density at radius 1 is 1.30 bits per heavy atom. The summed E-state index contributed by atoms with van der Waals surface area (Å²) in [5, 5.41) is 4.23. The molecule has 0 bridgehead atoms. The summed E-state index contributed by atoms with van der Waals surface area (Å²) in [7, 11) is -2.91. The monoisotopic (exact) mass is 292 g/mol. The zero-order valence-electron chi connectivity index (χ0n) is 11.0. The fourth-order valence-corrected chi connectivity index (χ4v) is 3.90. The molecule has 1 saturated heterocycles. The van der Waals surface area contributed by atoms with Crippen molar-refractivity contribution < 1.29 is 13.2 Å². The van der Waals surface area contributed by atoms with E-state index in [1.54, 1.807) is 17.1 Å². The molecule has 0 N–H and O–H groups in total. The van der Waals surface area contributed by atoms with Gasteiger partial charge in [0.2, 0.25) is 0 Å². The van der Waals surface area contributed by atoms with Crippen molar-refractivity contribution >= 4 is 9.84 Å². The number of hydrogen-bond donors (Lipinski definition) is 0. The van der Waals surface area contributed by atoms with E-state index in [1.165, 1.54) is 0 Å². The summed E-state index contributed by atoms with van der Waals surface area (Å²) in [6.45, 7) is 0.674. The highest BCUT2D eigenvalue weighted by Crippen LogP contribution is 2.19. The Bertz CT molecular complexity index is 679. The van der Waals surface area contributed by atoms with Gasteiger partial charge in [-0.25, -0.2) is 8.42 Å². The molecule has 1 aliphatic heterocycles. The number of aromatic nitrogens is 2. The predicted octanol–water partition coefficient (Wildman–Crippen LogP) is 1.50. The number of hydrogen-bond acceptors (Lipinski definition) is 4. The molecule has 3 rings (SSSR count). The molecular weight excluding hydrogens is 276 g/mol. The lowest BCUT2D eigenvalue weighted by Gasteiger charge is -2.08. The Labute approximate surface area is 118 Å². The van der Waals surface area contributed by atoms with E-state index in [9.17, 15) is 8.42 Å². The number of ether oxygens (including phenoxy) is 1. The zero-order chi connectivity index (χ0) is 14.0. The molecule has 1 aliphatic rings. The summed E-state index contributed by atoms with van der Waals surface area (Å²) in [6.07, 6.45) is 3.76. The van der Waals surface area contributed by atoms with Crippen molar-refractivity contribution in [3.05, 3.63) is 48.3 Å². The fraction of sp³-hybridized carbons (Fsp3) is 0.357. The van der Waals surface area contributed by atoms with Crippen molar-refractivity contribution in [2.24, 2.45) is 0 Å². The van der Waals surface area contributed by atoms with Crippen LogP contribution in [0.5, 0.6) is 5.75 Å². The molecule has 106 valence electrons. The first-order valence-corrected chi connectivity index (χ1v) is 8.36. The summed E-state index contributed by atoms with van der Waals surface area (Å²) in [6, 6.07) is 10.0. The van der Waals surface area contributed by atoms with Crippen LogP contribution in [0.2, 0.25) is 0 Å². The van der Waals surface area contributed by atoms with Gasteiger partial charge in [-0.05, 0) is 12.0 Å². The Morgan fingerprint density at radius 3 is 2.80 bits per heavy atom. The minimum absolute atomic E-state index is 0.108. The van der Waals surface area contributed by atoms with Crippen LogP contribution in [0.4, 0.5) is 0 Å². The second-order valence-electron chi connectivity index (χ2n) is 5.00. The third-order valence-electron chi connectivity index (χ3n) is 3.29. The van der Waals surface area contributed by atoms with Crippen molar-refractivity contribution in [2.45, 2.75) is 19.1 Å². The van der Waals surface area contributed by atoms with Gasteiger partial charge in [0, 0.05) is 0 Å². The molecule has 0 amide bonds. The smallest absolute Gasteiger partial charge is 0.157 e. The molecule has 0 spiro atoms. The molecule has 6 heteroatoms. The van der Waals surface area contributed by atoms with Gasteiger partial charge in [-0.3, -0.25) is 4.68 Å².